The van der Waals surface area contributed by atoms with Gasteiger partial charge in [-0.15, -0.1) is 0 Å². The number of nitrogens with two attached hydrogens (primary N) is 1. The summed E-state index contributed by atoms with van der Waals surface area (Å²) in [4.78, 5) is 12.9. The lowest BCUT2D eigenvalue weighted by atomic mass is 9.96. The van der Waals surface area contributed by atoms with Crippen molar-refractivity contribution in [2.45, 2.75) is 37.6 Å². The second-order valence-corrected chi connectivity index (χ2v) is 8.37. The number of hydrogen-bond donors (Lipinski definition) is 2. The van der Waals surface area contributed by atoms with E-state index in [9.17, 15) is 9.50 Å². The molecule has 0 spiro atoms. The van der Waals surface area contributed by atoms with Gasteiger partial charge >= 0.3 is 0 Å². The number of benzene rings is 1. The third-order valence-electron chi connectivity index (χ3n) is 6.14. The Labute approximate surface area is 175 Å². The molecular weight excluding hydrogens is 393 g/mol. The van der Waals surface area contributed by atoms with E-state index >= 15 is 0 Å². The monoisotopic (exact) mass is 419 g/mol. The van der Waals surface area contributed by atoms with E-state index in [1.165, 1.54) is 6.33 Å². The van der Waals surface area contributed by atoms with Crippen LogP contribution in [0.15, 0.2) is 30.6 Å². The van der Waals surface area contributed by atoms with Gasteiger partial charge in [-0.1, -0.05) is 30.7 Å². The van der Waals surface area contributed by atoms with Gasteiger partial charge in [0.2, 0.25) is 0 Å². The minimum absolute atomic E-state index is 0.117. The lowest BCUT2D eigenvalue weighted by Crippen LogP contribution is -2.53. The van der Waals surface area contributed by atoms with Gasteiger partial charge in [-0.05, 0) is 30.0 Å². The number of alkyl halides is 1. The van der Waals surface area contributed by atoms with Crippen molar-refractivity contribution in [2.24, 2.45) is 5.73 Å². The number of nitrogens with zero attached hydrogens (tertiary/aromatic N) is 4. The summed E-state index contributed by atoms with van der Waals surface area (Å²) in [6, 6.07) is 7.47. The fourth-order valence-electron chi connectivity index (χ4n) is 4.51. The van der Waals surface area contributed by atoms with E-state index in [2.05, 4.69) is 14.9 Å². The Balaban J connectivity index is 1.45. The van der Waals surface area contributed by atoms with Crippen LogP contribution in [-0.4, -0.2) is 58.9 Å². The third kappa shape index (κ3) is 3.97. The summed E-state index contributed by atoms with van der Waals surface area (Å²) < 4.78 is 14.2. The van der Waals surface area contributed by atoms with Crippen LogP contribution in [-0.2, 0) is 0 Å². The van der Waals surface area contributed by atoms with Gasteiger partial charge in [0.25, 0.3) is 0 Å². The molecule has 1 fully saturated rings. The van der Waals surface area contributed by atoms with Gasteiger partial charge < -0.3 is 15.7 Å². The molecule has 1 aliphatic heterocycles. The smallest absolute Gasteiger partial charge is 0.143 e. The van der Waals surface area contributed by atoms with Crippen LogP contribution in [0.4, 0.5) is 10.2 Å². The minimum Gasteiger partial charge on any atom is -0.378 e. The second kappa shape index (κ2) is 8.52. The van der Waals surface area contributed by atoms with E-state index in [1.54, 1.807) is 0 Å². The molecule has 1 saturated heterocycles. The molecule has 1 unspecified atom stereocenters. The highest BCUT2D eigenvalue weighted by molar-refractivity contribution is 6.30. The Morgan fingerprint density at radius 2 is 1.90 bits per heavy atom. The van der Waals surface area contributed by atoms with E-state index in [1.807, 2.05) is 36.1 Å². The zero-order chi connectivity index (χ0) is 20.5. The molecule has 2 heterocycles. The molecule has 1 aromatic carbocycles. The number of halogens is 2. The Morgan fingerprint density at radius 3 is 2.55 bits per heavy atom. The lowest BCUT2D eigenvalue weighted by Gasteiger charge is -2.40. The van der Waals surface area contributed by atoms with E-state index < -0.39 is 12.4 Å². The zero-order valence-electron chi connectivity index (χ0n) is 16.5. The van der Waals surface area contributed by atoms with E-state index in [0.29, 0.717) is 49.9 Å². The fraction of sp³-hybridized carbons (Fsp3) is 0.524. The van der Waals surface area contributed by atoms with Gasteiger partial charge in [-0.2, -0.15) is 0 Å². The maximum atomic E-state index is 14.2. The number of rotatable bonds is 5. The first-order chi connectivity index (χ1) is 14.0. The molecule has 0 amide bonds. The highest BCUT2D eigenvalue weighted by Gasteiger charge is 2.35. The van der Waals surface area contributed by atoms with Crippen molar-refractivity contribution in [1.82, 2.24) is 14.9 Å². The van der Waals surface area contributed by atoms with E-state index in [0.717, 1.165) is 16.9 Å². The van der Waals surface area contributed by atoms with Crippen molar-refractivity contribution < 1.29 is 9.50 Å². The Hall–Kier alpha value is -1.80. The predicted molar refractivity (Wildman–Crippen MR) is 112 cm³/mol. The number of piperazine rings is 1. The summed E-state index contributed by atoms with van der Waals surface area (Å²) in [6.07, 6.45) is 0.257. The number of fused-ring (bicyclic) bond motifs is 1. The molecule has 2 aromatic rings. The normalized spacial score (nSPS) is 24.4. The van der Waals surface area contributed by atoms with Crippen molar-refractivity contribution in [2.75, 3.05) is 37.6 Å². The Kier molecular flexibility index (Phi) is 6.01. The molecule has 8 heteroatoms. The van der Waals surface area contributed by atoms with Crippen LogP contribution in [0, 0.1) is 0 Å². The Bertz CT molecular complexity index is 843. The van der Waals surface area contributed by atoms with Crippen molar-refractivity contribution in [3.8, 4) is 0 Å². The van der Waals surface area contributed by atoms with E-state index in [4.69, 9.17) is 17.3 Å². The van der Waals surface area contributed by atoms with Crippen LogP contribution in [0.5, 0.6) is 0 Å². The standard InChI is InChI=1S/C21H27ClFN5O/c1-13-10-17(23)19-18(13)20(26-12-25-19)27-6-8-28(9-7-27)21(29)16(11-24)14-2-4-15(22)5-3-14/h2-5,12-13,16-17,21,29H,6-11,24H2,1H3/t13-,16-,17+,21?/m1/s1. The van der Waals surface area contributed by atoms with Crippen LogP contribution < -0.4 is 10.6 Å². The molecule has 6 nitrogen and oxygen atoms in total. The lowest BCUT2D eigenvalue weighted by molar-refractivity contribution is -0.0181. The van der Waals surface area contributed by atoms with Crippen molar-refractivity contribution in [3.05, 3.63) is 52.4 Å². The third-order valence-corrected chi connectivity index (χ3v) is 6.40. The van der Waals surface area contributed by atoms with Crippen molar-refractivity contribution >= 4 is 17.4 Å². The van der Waals surface area contributed by atoms with E-state index in [-0.39, 0.29) is 11.8 Å². The number of aliphatic hydroxyl groups excluding tert-OH is 1. The summed E-state index contributed by atoms with van der Waals surface area (Å²) in [6.45, 7) is 5.15. The number of aliphatic hydroxyl groups is 1. The molecule has 2 aliphatic rings. The summed E-state index contributed by atoms with van der Waals surface area (Å²) >= 11 is 5.98. The second-order valence-electron chi connectivity index (χ2n) is 7.93. The highest BCUT2D eigenvalue weighted by atomic mass is 35.5. The molecule has 29 heavy (non-hydrogen) atoms. The zero-order valence-corrected chi connectivity index (χ0v) is 17.3. The molecule has 0 saturated carbocycles. The topological polar surface area (TPSA) is 78.5 Å². The Morgan fingerprint density at radius 1 is 1.21 bits per heavy atom. The molecule has 0 bridgehead atoms. The quantitative estimate of drug-likeness (QED) is 0.775. The first kappa shape index (κ1) is 20.5. The van der Waals surface area contributed by atoms with Crippen molar-refractivity contribution in [1.29, 1.82) is 0 Å². The number of aromatic nitrogens is 2. The molecule has 1 aliphatic carbocycles. The van der Waals surface area contributed by atoms with Gasteiger partial charge in [0.15, 0.2) is 0 Å². The SMILES string of the molecule is C[C@@H]1C[C@H](F)c2ncnc(N3CCN(C(O)[C@H](CN)c4ccc(Cl)cc4)CC3)c21. The summed E-state index contributed by atoms with van der Waals surface area (Å²) in [5, 5.41) is 11.6. The average Bonchev–Trinajstić information content (AvgIpc) is 3.04. The summed E-state index contributed by atoms with van der Waals surface area (Å²) in [7, 11) is 0. The number of anilines is 1. The molecule has 156 valence electrons. The number of hydrogen-bond acceptors (Lipinski definition) is 6. The van der Waals surface area contributed by atoms with Crippen molar-refractivity contribution in [3.63, 3.8) is 0 Å². The van der Waals surface area contributed by atoms with Crippen LogP contribution in [0.25, 0.3) is 0 Å². The molecule has 3 N–H and O–H groups in total. The summed E-state index contributed by atoms with van der Waals surface area (Å²) in [5.41, 5.74) is 8.43. The fourth-order valence-corrected chi connectivity index (χ4v) is 4.63. The minimum atomic E-state index is -1.01. The molecule has 4 atom stereocenters. The molecule has 0 radical (unpaired) electrons. The molecular formula is C21H27ClFN5O. The maximum absolute atomic E-state index is 14.2. The van der Waals surface area contributed by atoms with Gasteiger partial charge in [0.05, 0.1) is 5.69 Å². The highest BCUT2D eigenvalue weighted by Crippen LogP contribution is 2.44. The molecule has 1 aromatic heterocycles. The summed E-state index contributed by atoms with van der Waals surface area (Å²) in [5.74, 6) is 0.769. The van der Waals surface area contributed by atoms with Gasteiger partial charge in [0.1, 0.15) is 24.5 Å². The first-order valence-corrected chi connectivity index (χ1v) is 10.5. The van der Waals surface area contributed by atoms with Crippen LogP contribution in [0.2, 0.25) is 5.02 Å². The molecule has 4 rings (SSSR count). The first-order valence-electron chi connectivity index (χ1n) is 10.1. The predicted octanol–water partition coefficient (Wildman–Crippen LogP) is 2.83. The van der Waals surface area contributed by atoms with Crippen LogP contribution in [0.3, 0.4) is 0 Å². The van der Waals surface area contributed by atoms with Gasteiger partial charge in [-0.3, -0.25) is 4.90 Å². The van der Waals surface area contributed by atoms with Crippen LogP contribution >= 0.6 is 11.6 Å². The largest absolute Gasteiger partial charge is 0.378 e. The maximum Gasteiger partial charge on any atom is 0.143 e. The van der Waals surface area contributed by atoms with Crippen LogP contribution in [0.1, 0.15) is 48.2 Å². The van der Waals surface area contributed by atoms with Gasteiger partial charge in [-0.25, -0.2) is 14.4 Å². The van der Waals surface area contributed by atoms with Gasteiger partial charge in [0, 0.05) is 49.2 Å². The average molecular weight is 420 g/mol.